The number of hydrogen-bond acceptors (Lipinski definition) is 7. The first kappa shape index (κ1) is 20.9. The lowest BCUT2D eigenvalue weighted by Gasteiger charge is -2.29. The summed E-state index contributed by atoms with van der Waals surface area (Å²) in [5.74, 6) is 1.57. The number of fused-ring (bicyclic) bond motifs is 1. The second kappa shape index (κ2) is 8.86. The minimum absolute atomic E-state index is 0.0929. The van der Waals surface area contributed by atoms with Crippen LogP contribution >= 0.6 is 0 Å². The molecule has 1 atom stereocenters. The largest absolute Gasteiger partial charge is 0.493 e. The zero-order valence-corrected chi connectivity index (χ0v) is 18.2. The normalized spacial score (nSPS) is 23.1. The molecule has 0 bridgehead atoms. The molecule has 3 aromatic heterocycles. The predicted molar refractivity (Wildman–Crippen MR) is 118 cm³/mol. The van der Waals surface area contributed by atoms with Gasteiger partial charge in [-0.1, -0.05) is 6.07 Å². The highest BCUT2D eigenvalue weighted by Crippen LogP contribution is 2.37. The smallest absolute Gasteiger partial charge is 0.356 e. The third kappa shape index (κ3) is 4.19. The molecule has 0 amide bonds. The van der Waals surface area contributed by atoms with Gasteiger partial charge in [-0.3, -0.25) is 0 Å². The lowest BCUT2D eigenvalue weighted by molar-refractivity contribution is -0.0591. The summed E-state index contributed by atoms with van der Waals surface area (Å²) in [5, 5.41) is 9.69. The summed E-state index contributed by atoms with van der Waals surface area (Å²) < 4.78 is 12.7. The number of ether oxygens (including phenoxy) is 2. The molecule has 2 aliphatic rings. The van der Waals surface area contributed by atoms with E-state index in [1.165, 1.54) is 7.11 Å². The molecule has 8 nitrogen and oxygen atoms in total. The summed E-state index contributed by atoms with van der Waals surface area (Å²) in [6.07, 6.45) is 6.35. The highest BCUT2D eigenvalue weighted by Gasteiger charge is 2.27. The van der Waals surface area contributed by atoms with Crippen LogP contribution in [0.15, 0.2) is 30.3 Å². The first-order chi connectivity index (χ1) is 15.6. The summed E-state index contributed by atoms with van der Waals surface area (Å²) in [5.41, 5.74) is 2.79. The van der Waals surface area contributed by atoms with Gasteiger partial charge in [0.1, 0.15) is 11.3 Å². The second-order valence-electron chi connectivity index (χ2n) is 8.79. The molecule has 0 unspecified atom stereocenters. The Hall–Kier alpha value is -3.00. The minimum atomic E-state index is -0.444. The number of carbonyl (C=O) groups excluding carboxylic acids is 1. The number of methoxy groups -OCH3 is 1. The third-order valence-corrected chi connectivity index (χ3v) is 6.74. The van der Waals surface area contributed by atoms with Crippen LogP contribution in [0, 0.1) is 5.92 Å². The van der Waals surface area contributed by atoms with E-state index in [9.17, 15) is 9.90 Å². The maximum atomic E-state index is 12.0. The summed E-state index contributed by atoms with van der Waals surface area (Å²) in [4.78, 5) is 25.7. The fourth-order valence-electron chi connectivity index (χ4n) is 4.83. The highest BCUT2D eigenvalue weighted by atomic mass is 16.5. The van der Waals surface area contributed by atoms with E-state index in [0.29, 0.717) is 24.1 Å². The monoisotopic (exact) mass is 436 g/mol. The summed E-state index contributed by atoms with van der Waals surface area (Å²) in [6.45, 7) is 1.49. The van der Waals surface area contributed by atoms with Gasteiger partial charge in [-0.05, 0) is 56.2 Å². The van der Waals surface area contributed by atoms with Crippen LogP contribution in [-0.2, 0) is 22.4 Å². The van der Waals surface area contributed by atoms with Gasteiger partial charge in [0, 0.05) is 30.7 Å². The summed E-state index contributed by atoms with van der Waals surface area (Å²) in [6, 6.07) is 9.01. The number of esters is 1. The van der Waals surface area contributed by atoms with Gasteiger partial charge < -0.3 is 19.1 Å². The van der Waals surface area contributed by atoms with Crippen LogP contribution in [0.4, 0.5) is 0 Å². The maximum absolute atomic E-state index is 12.0. The molecule has 1 aliphatic carbocycles. The van der Waals surface area contributed by atoms with Crippen LogP contribution in [0.3, 0.4) is 0 Å². The zero-order chi connectivity index (χ0) is 22.1. The Bertz CT molecular complexity index is 1120. The summed E-state index contributed by atoms with van der Waals surface area (Å²) in [7, 11) is 1.36. The number of imidazole rings is 1. The number of aromatic nitrogens is 4. The Morgan fingerprint density at radius 3 is 2.62 bits per heavy atom. The van der Waals surface area contributed by atoms with Crippen molar-refractivity contribution in [1.29, 1.82) is 0 Å². The van der Waals surface area contributed by atoms with E-state index in [4.69, 9.17) is 14.5 Å². The molecular weight excluding hydrogens is 408 g/mol. The molecule has 1 saturated carbocycles. The number of hydrogen-bond donors (Lipinski definition) is 1. The zero-order valence-electron chi connectivity index (χ0n) is 18.2. The van der Waals surface area contributed by atoms with Gasteiger partial charge in [0.2, 0.25) is 5.88 Å². The quantitative estimate of drug-likeness (QED) is 0.589. The van der Waals surface area contributed by atoms with Crippen LogP contribution in [0.1, 0.15) is 60.0 Å². The maximum Gasteiger partial charge on any atom is 0.356 e. The van der Waals surface area contributed by atoms with E-state index >= 15 is 0 Å². The first-order valence-corrected chi connectivity index (χ1v) is 11.3. The highest BCUT2D eigenvalue weighted by molar-refractivity contribution is 5.89. The average molecular weight is 437 g/mol. The molecule has 8 heteroatoms. The van der Waals surface area contributed by atoms with Crippen molar-refractivity contribution >= 4 is 17.1 Å². The molecule has 0 radical (unpaired) electrons. The molecule has 1 aliphatic heterocycles. The second-order valence-corrected chi connectivity index (χ2v) is 8.79. The van der Waals surface area contributed by atoms with Gasteiger partial charge in [0.05, 0.1) is 19.8 Å². The molecule has 5 rings (SSSR count). The Morgan fingerprint density at radius 1 is 1.12 bits per heavy atom. The van der Waals surface area contributed by atoms with Crippen molar-refractivity contribution in [2.24, 2.45) is 5.92 Å². The molecule has 3 aromatic rings. The SMILES string of the molecule is COC(=O)c1ccc2nc(CC3CCC(c4cccc(O)n4)CC3)n(C[C@@H]3CCO3)c2n1. The first-order valence-electron chi connectivity index (χ1n) is 11.3. The van der Waals surface area contributed by atoms with E-state index in [-0.39, 0.29) is 12.0 Å². The van der Waals surface area contributed by atoms with Crippen LogP contribution in [0.25, 0.3) is 11.2 Å². The molecule has 0 aromatic carbocycles. The minimum Gasteiger partial charge on any atom is -0.493 e. The molecule has 1 saturated heterocycles. The fourth-order valence-corrected chi connectivity index (χ4v) is 4.83. The number of carbonyl (C=O) groups is 1. The van der Waals surface area contributed by atoms with Crippen molar-refractivity contribution in [3.63, 3.8) is 0 Å². The number of pyridine rings is 2. The lowest BCUT2D eigenvalue weighted by Crippen LogP contribution is -2.32. The Labute approximate surface area is 186 Å². The fraction of sp³-hybridized carbons (Fsp3) is 0.500. The van der Waals surface area contributed by atoms with E-state index < -0.39 is 5.97 Å². The Kier molecular flexibility index (Phi) is 5.78. The Balaban J connectivity index is 1.35. The molecule has 4 heterocycles. The number of rotatable bonds is 6. The molecule has 32 heavy (non-hydrogen) atoms. The standard InChI is InChI=1S/C24H28N4O4/c1-31-24(30)20-10-9-19-23(27-20)28(14-17-11-12-32-17)21(25-19)13-15-5-7-16(8-6-15)18-3-2-4-22(29)26-18/h2-4,9-10,15-17H,5-8,11-14H2,1H3,(H,26,29)/t15?,16?,17-/m0/s1. The van der Waals surface area contributed by atoms with Crippen molar-refractivity contribution in [3.8, 4) is 5.88 Å². The van der Waals surface area contributed by atoms with Gasteiger partial charge in [0.25, 0.3) is 0 Å². The lowest BCUT2D eigenvalue weighted by atomic mass is 9.79. The summed E-state index contributed by atoms with van der Waals surface area (Å²) >= 11 is 0. The molecule has 0 spiro atoms. The van der Waals surface area contributed by atoms with E-state index in [1.807, 2.05) is 18.2 Å². The molecule has 1 N–H and O–H groups in total. The van der Waals surface area contributed by atoms with Crippen LogP contribution in [0.2, 0.25) is 0 Å². The van der Waals surface area contributed by atoms with Gasteiger partial charge in [0.15, 0.2) is 11.3 Å². The van der Waals surface area contributed by atoms with E-state index in [1.54, 1.807) is 12.1 Å². The third-order valence-electron chi connectivity index (χ3n) is 6.74. The number of aromatic hydroxyl groups is 1. The van der Waals surface area contributed by atoms with Crippen molar-refractivity contribution in [3.05, 3.63) is 47.5 Å². The van der Waals surface area contributed by atoms with Crippen molar-refractivity contribution in [1.82, 2.24) is 19.5 Å². The predicted octanol–water partition coefficient (Wildman–Crippen LogP) is 3.62. The van der Waals surface area contributed by atoms with Gasteiger partial charge in [-0.2, -0.15) is 0 Å². The average Bonchev–Trinajstić information content (AvgIpc) is 3.12. The van der Waals surface area contributed by atoms with Crippen LogP contribution in [-0.4, -0.2) is 50.4 Å². The van der Waals surface area contributed by atoms with Gasteiger partial charge in [-0.15, -0.1) is 0 Å². The van der Waals surface area contributed by atoms with Gasteiger partial charge in [-0.25, -0.2) is 19.7 Å². The van der Waals surface area contributed by atoms with Gasteiger partial charge >= 0.3 is 5.97 Å². The number of nitrogens with zero attached hydrogens (tertiary/aromatic N) is 4. The Morgan fingerprint density at radius 2 is 1.94 bits per heavy atom. The molecule has 168 valence electrons. The van der Waals surface area contributed by atoms with Crippen LogP contribution < -0.4 is 0 Å². The van der Waals surface area contributed by atoms with E-state index in [2.05, 4.69) is 14.5 Å². The van der Waals surface area contributed by atoms with Crippen molar-refractivity contribution < 1.29 is 19.4 Å². The molecular formula is C24H28N4O4. The van der Waals surface area contributed by atoms with Crippen molar-refractivity contribution in [2.75, 3.05) is 13.7 Å². The van der Waals surface area contributed by atoms with E-state index in [0.717, 1.165) is 67.8 Å². The molecule has 2 fully saturated rings. The van der Waals surface area contributed by atoms with Crippen LogP contribution in [0.5, 0.6) is 5.88 Å². The van der Waals surface area contributed by atoms with Crippen molar-refractivity contribution in [2.45, 2.75) is 57.1 Å². The topological polar surface area (TPSA) is 99.4 Å².